The van der Waals surface area contributed by atoms with E-state index in [0.717, 1.165) is 44.9 Å². The van der Waals surface area contributed by atoms with Gasteiger partial charge >= 0.3 is 51.4 Å². The first kappa shape index (κ1) is 30.7. The van der Waals surface area contributed by atoms with Gasteiger partial charge in [-0.1, -0.05) is 97.3 Å². The van der Waals surface area contributed by atoms with E-state index in [2.05, 4.69) is 6.92 Å². The van der Waals surface area contributed by atoms with Crippen molar-refractivity contribution in [3.63, 3.8) is 0 Å². The molecule has 0 heterocycles. The third-order valence-electron chi connectivity index (χ3n) is 5.32. The van der Waals surface area contributed by atoms with E-state index in [9.17, 15) is 18.1 Å². The van der Waals surface area contributed by atoms with Crippen LogP contribution in [0.25, 0.3) is 0 Å². The van der Waals surface area contributed by atoms with Gasteiger partial charge in [-0.3, -0.25) is 0 Å². The second-order valence-corrected chi connectivity index (χ2v) is 9.44. The Kier molecular flexibility index (Phi) is 23.6. The van der Waals surface area contributed by atoms with Crippen molar-refractivity contribution in [1.29, 1.82) is 0 Å². The minimum Gasteiger partial charge on any atom is -0.748 e. The molecule has 4 nitrogen and oxygen atoms in total. The molecule has 0 bridgehead atoms. The van der Waals surface area contributed by atoms with Crippen molar-refractivity contribution < 1.29 is 69.5 Å². The van der Waals surface area contributed by atoms with Crippen molar-refractivity contribution in [3.05, 3.63) is 0 Å². The number of unbranched alkanes of at least 4 members (excludes halogenated alkanes) is 11. The van der Waals surface area contributed by atoms with E-state index in [4.69, 9.17) is 0 Å². The molecular weight excluding hydrogens is 387 g/mol. The van der Waals surface area contributed by atoms with E-state index >= 15 is 0 Å². The molecule has 0 saturated carbocycles. The van der Waals surface area contributed by atoms with Crippen LogP contribution in [-0.2, 0) is 10.1 Å². The van der Waals surface area contributed by atoms with Gasteiger partial charge in [0.25, 0.3) is 0 Å². The van der Waals surface area contributed by atoms with Crippen LogP contribution in [0.1, 0.15) is 123 Å². The topological polar surface area (TPSA) is 77.4 Å². The Bertz CT molecular complexity index is 401. The summed E-state index contributed by atoms with van der Waals surface area (Å²) in [7, 11) is -4.10. The van der Waals surface area contributed by atoms with Crippen molar-refractivity contribution in [1.82, 2.24) is 0 Å². The van der Waals surface area contributed by atoms with Crippen molar-refractivity contribution in [2.24, 2.45) is 0 Å². The third kappa shape index (κ3) is 20.6. The maximum absolute atomic E-state index is 11.0. The van der Waals surface area contributed by atoms with Crippen LogP contribution in [0.5, 0.6) is 0 Å². The third-order valence-corrected chi connectivity index (χ3v) is 6.70. The first-order chi connectivity index (χ1) is 12.4. The van der Waals surface area contributed by atoms with Gasteiger partial charge in [0.15, 0.2) is 0 Å². The summed E-state index contributed by atoms with van der Waals surface area (Å²) in [6.07, 6.45) is 18.0. The Morgan fingerprint density at radius 1 is 0.704 bits per heavy atom. The number of aliphatic hydroxyl groups excluding tert-OH is 1. The van der Waals surface area contributed by atoms with Gasteiger partial charge in [-0.25, -0.2) is 8.42 Å². The molecule has 0 aromatic heterocycles. The van der Waals surface area contributed by atoms with E-state index in [0.29, 0.717) is 12.8 Å². The van der Waals surface area contributed by atoms with Crippen LogP contribution in [0.2, 0.25) is 0 Å². The van der Waals surface area contributed by atoms with Crippen molar-refractivity contribution in [2.45, 2.75) is 134 Å². The second-order valence-electron chi connectivity index (χ2n) is 7.79. The molecule has 0 rings (SSSR count). The molecule has 6 heteroatoms. The fourth-order valence-electron chi connectivity index (χ4n) is 3.49. The molecule has 2 unspecified atom stereocenters. The summed E-state index contributed by atoms with van der Waals surface area (Å²) in [4.78, 5) is 0. The Balaban J connectivity index is 0. The van der Waals surface area contributed by atoms with Crippen molar-refractivity contribution in [3.8, 4) is 0 Å². The minimum absolute atomic E-state index is 0. The quantitative estimate of drug-likeness (QED) is 0.194. The Hall–Kier alpha value is 1.51. The smallest absolute Gasteiger partial charge is 0.748 e. The molecule has 27 heavy (non-hydrogen) atoms. The van der Waals surface area contributed by atoms with E-state index in [-0.39, 0.29) is 57.5 Å². The van der Waals surface area contributed by atoms with Crippen LogP contribution in [0.3, 0.4) is 0 Å². The zero-order chi connectivity index (χ0) is 19.7. The molecule has 0 aliphatic heterocycles. The molecule has 0 saturated heterocycles. The van der Waals surface area contributed by atoms with Crippen LogP contribution in [-0.4, -0.2) is 29.4 Å². The molecule has 0 aromatic carbocycles. The zero-order valence-electron chi connectivity index (χ0n) is 18.3. The first-order valence-corrected chi connectivity index (χ1v) is 12.5. The van der Waals surface area contributed by atoms with Crippen molar-refractivity contribution >= 4 is 10.1 Å². The SMILES string of the molecule is CCCCCC(O)CCCCCCCCCCCCC(CC)S(=O)(=O)[O-].[K+]. The van der Waals surface area contributed by atoms with Crippen LogP contribution in [0, 0.1) is 0 Å². The molecule has 0 amide bonds. The molecule has 0 aliphatic carbocycles. The van der Waals surface area contributed by atoms with E-state index < -0.39 is 15.4 Å². The maximum atomic E-state index is 11.0. The molecule has 0 aromatic rings. The molecule has 0 radical (unpaired) electrons. The molecule has 0 spiro atoms. The van der Waals surface area contributed by atoms with Gasteiger partial charge < -0.3 is 9.66 Å². The number of hydrogen-bond donors (Lipinski definition) is 1. The summed E-state index contributed by atoms with van der Waals surface area (Å²) in [5, 5.41) is 9.18. The predicted molar refractivity (Wildman–Crippen MR) is 109 cm³/mol. The van der Waals surface area contributed by atoms with Crippen LogP contribution >= 0.6 is 0 Å². The molecular formula is C21H43KO4S. The van der Waals surface area contributed by atoms with Gasteiger partial charge in [0.2, 0.25) is 0 Å². The summed E-state index contributed by atoms with van der Waals surface area (Å²) < 4.78 is 33.0. The van der Waals surface area contributed by atoms with E-state index in [1.165, 1.54) is 51.4 Å². The van der Waals surface area contributed by atoms with Gasteiger partial charge in [0.05, 0.1) is 16.2 Å². The van der Waals surface area contributed by atoms with Gasteiger partial charge in [-0.2, -0.15) is 0 Å². The standard InChI is InChI=1S/C21H44O4S.K/c1-3-5-14-17-20(22)18-15-12-10-8-6-7-9-11-13-16-19-21(4-2)26(23,24)25;/h20-22H,3-19H2,1-2H3,(H,23,24,25);/q;+1/p-1. The number of aliphatic hydroxyl groups is 1. The normalized spacial score (nSPS) is 13.9. The zero-order valence-corrected chi connectivity index (χ0v) is 22.2. The Morgan fingerprint density at radius 3 is 1.44 bits per heavy atom. The molecule has 2 atom stereocenters. The van der Waals surface area contributed by atoms with E-state index in [1.807, 2.05) is 0 Å². The first-order valence-electron chi connectivity index (χ1n) is 11.0. The predicted octanol–water partition coefficient (Wildman–Crippen LogP) is 2.94. The summed E-state index contributed by atoms with van der Waals surface area (Å²) in [6, 6.07) is 0. The summed E-state index contributed by atoms with van der Waals surface area (Å²) >= 11 is 0. The minimum atomic E-state index is -4.10. The number of hydrogen-bond acceptors (Lipinski definition) is 4. The van der Waals surface area contributed by atoms with Gasteiger partial charge in [-0.15, -0.1) is 0 Å². The fraction of sp³-hybridized carbons (Fsp3) is 1.00. The van der Waals surface area contributed by atoms with Gasteiger partial charge in [-0.05, 0) is 25.7 Å². The summed E-state index contributed by atoms with van der Waals surface area (Å²) in [6.45, 7) is 3.96. The van der Waals surface area contributed by atoms with Crippen molar-refractivity contribution in [2.75, 3.05) is 0 Å². The van der Waals surface area contributed by atoms with Crippen LogP contribution in [0.15, 0.2) is 0 Å². The average molecular weight is 431 g/mol. The summed E-state index contributed by atoms with van der Waals surface area (Å²) in [5.74, 6) is 0. The fourth-order valence-corrected chi connectivity index (χ4v) is 4.36. The second kappa shape index (κ2) is 20.8. The molecule has 0 fully saturated rings. The summed E-state index contributed by atoms with van der Waals surface area (Å²) in [5.41, 5.74) is 0. The average Bonchev–Trinajstić information content (AvgIpc) is 2.58. The molecule has 1 N–H and O–H groups in total. The Morgan fingerprint density at radius 2 is 1.07 bits per heavy atom. The number of rotatable bonds is 19. The Labute approximate surface area is 211 Å². The van der Waals surface area contributed by atoms with Gasteiger partial charge in [0.1, 0.15) is 0 Å². The van der Waals surface area contributed by atoms with Gasteiger partial charge in [0, 0.05) is 5.25 Å². The monoisotopic (exact) mass is 430 g/mol. The van der Waals surface area contributed by atoms with Crippen LogP contribution in [0.4, 0.5) is 0 Å². The largest absolute Gasteiger partial charge is 1.00 e. The maximum Gasteiger partial charge on any atom is 1.00 e. The van der Waals surface area contributed by atoms with E-state index in [1.54, 1.807) is 6.92 Å². The molecule has 0 aliphatic rings. The van der Waals surface area contributed by atoms with Crippen LogP contribution < -0.4 is 51.4 Å². The molecule has 158 valence electrons.